The third kappa shape index (κ3) is 4.39. The van der Waals surface area contributed by atoms with E-state index in [1.165, 1.54) is 0 Å². The number of halogens is 1. The summed E-state index contributed by atoms with van der Waals surface area (Å²) in [6, 6.07) is 5.46. The lowest BCUT2D eigenvalue weighted by Crippen LogP contribution is -2.54. The molecule has 0 bridgehead atoms. The van der Waals surface area contributed by atoms with Crippen molar-refractivity contribution in [2.45, 2.75) is 45.6 Å². The molecular formula is C20H29FN2O2. The van der Waals surface area contributed by atoms with Crippen LogP contribution in [-0.2, 0) is 11.3 Å². The second-order valence-corrected chi connectivity index (χ2v) is 7.80. The Labute approximate surface area is 149 Å². The Morgan fingerprint density at radius 3 is 2.88 bits per heavy atom. The molecule has 1 atom stereocenters. The molecular weight excluding hydrogens is 319 g/mol. The van der Waals surface area contributed by atoms with E-state index in [-0.39, 0.29) is 23.7 Å². The van der Waals surface area contributed by atoms with Crippen LogP contribution >= 0.6 is 0 Å². The summed E-state index contributed by atoms with van der Waals surface area (Å²) in [6.45, 7) is 5.99. The van der Waals surface area contributed by atoms with Crippen LogP contribution in [0.2, 0.25) is 0 Å². The van der Waals surface area contributed by atoms with Gasteiger partial charge in [-0.3, -0.25) is 9.69 Å². The van der Waals surface area contributed by atoms with Gasteiger partial charge >= 0.3 is 0 Å². The van der Waals surface area contributed by atoms with Gasteiger partial charge in [0, 0.05) is 50.2 Å². The summed E-state index contributed by atoms with van der Waals surface area (Å²) in [4.78, 5) is 16.4. The average molecular weight is 348 g/mol. The van der Waals surface area contributed by atoms with Gasteiger partial charge in [0.2, 0.25) is 5.91 Å². The summed E-state index contributed by atoms with van der Waals surface area (Å²) in [6.07, 6.45) is 4.38. The van der Waals surface area contributed by atoms with Crippen LogP contribution in [0.5, 0.6) is 0 Å². The number of rotatable bonds is 5. The number of nitrogens with zero attached hydrogens (tertiary/aromatic N) is 2. The zero-order valence-electron chi connectivity index (χ0n) is 15.1. The van der Waals surface area contributed by atoms with Crippen molar-refractivity contribution < 1.29 is 14.3 Å². The summed E-state index contributed by atoms with van der Waals surface area (Å²) in [5.74, 6) is 0.0868. The highest BCUT2D eigenvalue weighted by Crippen LogP contribution is 2.39. The van der Waals surface area contributed by atoms with Crippen LogP contribution in [0.25, 0.3) is 0 Å². The summed E-state index contributed by atoms with van der Waals surface area (Å²) >= 11 is 0. The Morgan fingerprint density at radius 2 is 2.12 bits per heavy atom. The third-order valence-electron chi connectivity index (χ3n) is 5.68. The van der Waals surface area contributed by atoms with Crippen LogP contribution in [0.15, 0.2) is 18.2 Å². The topological polar surface area (TPSA) is 43.8 Å². The number of hydrogen-bond donors (Lipinski definition) is 1. The van der Waals surface area contributed by atoms with E-state index in [0.717, 1.165) is 50.0 Å². The quantitative estimate of drug-likeness (QED) is 0.890. The van der Waals surface area contributed by atoms with E-state index >= 15 is 0 Å². The van der Waals surface area contributed by atoms with Gasteiger partial charge < -0.3 is 10.0 Å². The molecule has 0 unspecified atom stereocenters. The molecule has 1 aromatic carbocycles. The van der Waals surface area contributed by atoms with Crippen molar-refractivity contribution >= 4 is 5.91 Å². The molecule has 138 valence electrons. The van der Waals surface area contributed by atoms with Crippen LogP contribution in [-0.4, -0.2) is 53.6 Å². The number of carbonyl (C=O) groups excluding carboxylic acids is 1. The monoisotopic (exact) mass is 348 g/mol. The lowest BCUT2D eigenvalue weighted by molar-refractivity contribution is -0.139. The summed E-state index contributed by atoms with van der Waals surface area (Å²) < 4.78 is 14.2. The minimum Gasteiger partial charge on any atom is -0.396 e. The summed E-state index contributed by atoms with van der Waals surface area (Å²) in [5.41, 5.74) is 1.83. The highest BCUT2D eigenvalue weighted by molar-refractivity contribution is 5.77. The molecule has 0 aromatic heterocycles. The zero-order chi connectivity index (χ0) is 17.9. The maximum Gasteiger partial charge on any atom is 0.222 e. The van der Waals surface area contributed by atoms with Crippen LogP contribution in [0.1, 0.15) is 43.2 Å². The largest absolute Gasteiger partial charge is 0.396 e. The van der Waals surface area contributed by atoms with Crippen molar-refractivity contribution in [3.8, 4) is 0 Å². The number of piperidine rings is 2. The molecule has 2 saturated heterocycles. The smallest absolute Gasteiger partial charge is 0.222 e. The van der Waals surface area contributed by atoms with Gasteiger partial charge in [-0.15, -0.1) is 0 Å². The number of aliphatic hydroxyl groups is 1. The normalized spacial score (nSPS) is 24.9. The van der Waals surface area contributed by atoms with Crippen LogP contribution < -0.4 is 0 Å². The standard InChI is InChI=1S/C20H29FN2O2/c1-16-4-5-17(18(21)12-16)13-22-9-2-7-20(14-22)8-6-19(25)23(15-20)10-3-11-24/h4-5,12,24H,2-3,6-11,13-15H2,1H3/t20-/m1/s1. The van der Waals surface area contributed by atoms with E-state index in [9.17, 15) is 9.18 Å². The predicted molar refractivity (Wildman–Crippen MR) is 95.6 cm³/mol. The van der Waals surface area contributed by atoms with E-state index < -0.39 is 0 Å². The molecule has 2 aliphatic rings. The maximum absolute atomic E-state index is 14.2. The van der Waals surface area contributed by atoms with E-state index in [4.69, 9.17) is 5.11 Å². The maximum atomic E-state index is 14.2. The fourth-order valence-corrected chi connectivity index (χ4v) is 4.37. The Bertz CT molecular complexity index is 622. The number of aryl methyl sites for hydroxylation is 1. The first-order valence-corrected chi connectivity index (χ1v) is 9.37. The van der Waals surface area contributed by atoms with Crippen molar-refractivity contribution in [3.05, 3.63) is 35.1 Å². The molecule has 2 aliphatic heterocycles. The van der Waals surface area contributed by atoms with Crippen LogP contribution in [0.3, 0.4) is 0 Å². The molecule has 2 fully saturated rings. The van der Waals surface area contributed by atoms with Gasteiger partial charge in [0.25, 0.3) is 0 Å². The van der Waals surface area contributed by atoms with Gasteiger partial charge in [0.1, 0.15) is 5.82 Å². The lowest BCUT2D eigenvalue weighted by atomic mass is 9.73. The molecule has 1 spiro atoms. The molecule has 1 N–H and O–H groups in total. The molecule has 0 radical (unpaired) electrons. The fraction of sp³-hybridized carbons (Fsp3) is 0.650. The summed E-state index contributed by atoms with van der Waals surface area (Å²) in [5, 5.41) is 9.05. The van der Waals surface area contributed by atoms with Crippen LogP contribution in [0, 0.1) is 18.2 Å². The molecule has 1 amide bonds. The average Bonchev–Trinajstić information content (AvgIpc) is 2.59. The molecule has 5 heteroatoms. The van der Waals surface area contributed by atoms with Gasteiger partial charge in [-0.2, -0.15) is 0 Å². The highest BCUT2D eigenvalue weighted by Gasteiger charge is 2.41. The molecule has 0 saturated carbocycles. The number of hydrogen-bond acceptors (Lipinski definition) is 3. The summed E-state index contributed by atoms with van der Waals surface area (Å²) in [7, 11) is 0. The zero-order valence-corrected chi connectivity index (χ0v) is 15.1. The van der Waals surface area contributed by atoms with E-state index in [2.05, 4.69) is 4.90 Å². The van der Waals surface area contributed by atoms with Gasteiger partial charge in [-0.05, 0) is 50.8 Å². The molecule has 1 aromatic rings. The number of aliphatic hydroxyl groups excluding tert-OH is 1. The minimum absolute atomic E-state index is 0.121. The fourth-order valence-electron chi connectivity index (χ4n) is 4.37. The minimum atomic E-state index is -0.122. The Balaban J connectivity index is 1.66. The second-order valence-electron chi connectivity index (χ2n) is 7.80. The SMILES string of the molecule is Cc1ccc(CN2CCC[C@@]3(CCC(=O)N(CCCO)C3)C2)c(F)c1. The number of carbonyl (C=O) groups is 1. The number of benzene rings is 1. The van der Waals surface area contributed by atoms with Gasteiger partial charge in [0.05, 0.1) is 0 Å². The van der Waals surface area contributed by atoms with Gasteiger partial charge in [0.15, 0.2) is 0 Å². The first-order chi connectivity index (χ1) is 12.0. The molecule has 4 nitrogen and oxygen atoms in total. The first kappa shape index (κ1) is 18.3. The number of amides is 1. The third-order valence-corrected chi connectivity index (χ3v) is 5.68. The highest BCUT2D eigenvalue weighted by atomic mass is 19.1. The molecule has 25 heavy (non-hydrogen) atoms. The Kier molecular flexibility index (Phi) is 5.74. The van der Waals surface area contributed by atoms with Crippen molar-refractivity contribution in [3.63, 3.8) is 0 Å². The second kappa shape index (κ2) is 7.83. The Morgan fingerprint density at radius 1 is 1.28 bits per heavy atom. The molecule has 0 aliphatic carbocycles. The van der Waals surface area contributed by atoms with Crippen molar-refractivity contribution in [1.82, 2.24) is 9.80 Å². The van der Waals surface area contributed by atoms with Crippen molar-refractivity contribution in [2.75, 3.05) is 32.8 Å². The van der Waals surface area contributed by atoms with Crippen LogP contribution in [0.4, 0.5) is 4.39 Å². The first-order valence-electron chi connectivity index (χ1n) is 9.37. The van der Waals surface area contributed by atoms with Crippen molar-refractivity contribution in [2.24, 2.45) is 5.41 Å². The van der Waals surface area contributed by atoms with Crippen molar-refractivity contribution in [1.29, 1.82) is 0 Å². The van der Waals surface area contributed by atoms with Gasteiger partial charge in [-0.25, -0.2) is 4.39 Å². The Hall–Kier alpha value is -1.46. The van der Waals surface area contributed by atoms with Gasteiger partial charge in [-0.1, -0.05) is 12.1 Å². The lowest BCUT2D eigenvalue weighted by Gasteiger charge is -2.48. The van der Waals surface area contributed by atoms with E-state index in [1.807, 2.05) is 24.0 Å². The van der Waals surface area contributed by atoms with E-state index in [0.29, 0.717) is 25.9 Å². The molecule has 2 heterocycles. The predicted octanol–water partition coefficient (Wildman–Crippen LogP) is 2.72. The number of likely N-dealkylation sites (tertiary alicyclic amines) is 2. The molecule has 3 rings (SSSR count). The van der Waals surface area contributed by atoms with E-state index in [1.54, 1.807) is 6.07 Å².